The van der Waals surface area contributed by atoms with Crippen LogP contribution in [0.4, 0.5) is 9.18 Å². The van der Waals surface area contributed by atoms with Crippen LogP contribution < -0.4 is 5.46 Å². The fraction of sp³-hybridized carbons (Fsp3) is 0.636. The number of halogens is 1. The summed E-state index contributed by atoms with van der Waals surface area (Å²) in [6.07, 6.45) is -1.01. The standard InChI is InChI=1S/C22H32BFN2O5/c1-20(2,3)17-13-25(19(28)29)10-11-26(17)18(27)15-9-8-14(12-16(15)24)23-30-21(4,5)22(6,7)31-23/h8-9,12,17H,10-11,13H2,1-7H3,(H,28,29). The highest BCUT2D eigenvalue weighted by Crippen LogP contribution is 2.36. The van der Waals surface area contributed by atoms with Gasteiger partial charge in [-0.2, -0.15) is 0 Å². The van der Waals surface area contributed by atoms with E-state index < -0.39 is 36.1 Å². The van der Waals surface area contributed by atoms with Crippen LogP contribution in [-0.2, 0) is 9.31 Å². The van der Waals surface area contributed by atoms with E-state index in [-0.39, 0.29) is 36.7 Å². The number of carboxylic acid groups (broad SMARTS) is 1. The number of hydrogen-bond acceptors (Lipinski definition) is 4. The molecule has 0 spiro atoms. The monoisotopic (exact) mass is 434 g/mol. The topological polar surface area (TPSA) is 79.3 Å². The number of piperazine rings is 1. The van der Waals surface area contributed by atoms with Crippen molar-refractivity contribution in [3.63, 3.8) is 0 Å². The van der Waals surface area contributed by atoms with Gasteiger partial charge in [0.15, 0.2) is 0 Å². The Balaban J connectivity index is 1.84. The van der Waals surface area contributed by atoms with Crippen LogP contribution in [0.2, 0.25) is 0 Å². The first kappa shape index (κ1) is 23.5. The molecule has 3 rings (SSSR count). The van der Waals surface area contributed by atoms with Gasteiger partial charge in [-0.15, -0.1) is 0 Å². The lowest BCUT2D eigenvalue weighted by atomic mass is 9.78. The normalized spacial score (nSPS) is 23.2. The number of nitrogens with zero attached hydrogens (tertiary/aromatic N) is 2. The van der Waals surface area contributed by atoms with Gasteiger partial charge in [-0.3, -0.25) is 4.79 Å². The van der Waals surface area contributed by atoms with Crippen molar-refractivity contribution in [2.75, 3.05) is 19.6 Å². The minimum atomic E-state index is -1.01. The minimum Gasteiger partial charge on any atom is -0.465 e. The Kier molecular flexibility index (Phi) is 5.91. The van der Waals surface area contributed by atoms with Crippen LogP contribution in [0.1, 0.15) is 58.8 Å². The predicted molar refractivity (Wildman–Crippen MR) is 116 cm³/mol. The average Bonchev–Trinajstić information content (AvgIpc) is 2.87. The molecule has 2 aliphatic heterocycles. The van der Waals surface area contributed by atoms with Crippen LogP contribution in [0.15, 0.2) is 18.2 Å². The summed E-state index contributed by atoms with van der Waals surface area (Å²) < 4.78 is 27.0. The second-order valence-electron chi connectivity index (χ2n) is 10.4. The molecule has 170 valence electrons. The third-order valence-electron chi connectivity index (χ3n) is 6.66. The summed E-state index contributed by atoms with van der Waals surface area (Å²) in [5.41, 5.74) is -1.00. The zero-order valence-corrected chi connectivity index (χ0v) is 19.4. The molecule has 0 bridgehead atoms. The van der Waals surface area contributed by atoms with Crippen molar-refractivity contribution in [1.82, 2.24) is 9.80 Å². The lowest BCUT2D eigenvalue weighted by Gasteiger charge is -2.46. The first-order valence-corrected chi connectivity index (χ1v) is 10.6. The Morgan fingerprint density at radius 1 is 1.13 bits per heavy atom. The van der Waals surface area contributed by atoms with E-state index in [9.17, 15) is 14.7 Å². The highest BCUT2D eigenvalue weighted by Gasteiger charge is 2.52. The summed E-state index contributed by atoms with van der Waals surface area (Å²) in [5.74, 6) is -1.09. The molecule has 2 fully saturated rings. The predicted octanol–water partition coefficient (Wildman–Crippen LogP) is 2.98. The molecular formula is C22H32BFN2O5. The van der Waals surface area contributed by atoms with E-state index in [4.69, 9.17) is 9.31 Å². The van der Waals surface area contributed by atoms with Gasteiger partial charge < -0.3 is 24.2 Å². The molecule has 0 aromatic heterocycles. The van der Waals surface area contributed by atoms with Crippen LogP contribution in [0.3, 0.4) is 0 Å². The maximum atomic E-state index is 15.1. The molecule has 9 heteroatoms. The molecule has 1 aromatic rings. The van der Waals surface area contributed by atoms with Crippen LogP contribution in [0.5, 0.6) is 0 Å². The van der Waals surface area contributed by atoms with Gasteiger partial charge in [0, 0.05) is 19.6 Å². The molecule has 0 radical (unpaired) electrons. The molecule has 2 heterocycles. The molecule has 1 unspecified atom stereocenters. The zero-order valence-electron chi connectivity index (χ0n) is 19.4. The van der Waals surface area contributed by atoms with Crippen LogP contribution in [-0.4, -0.2) is 70.9 Å². The van der Waals surface area contributed by atoms with Crippen molar-refractivity contribution in [3.05, 3.63) is 29.6 Å². The SMILES string of the molecule is CC(C)(C)C1CN(C(=O)O)CCN1C(=O)c1ccc(B2OC(C)(C)C(C)(C)O2)cc1F. The highest BCUT2D eigenvalue weighted by atomic mass is 19.1. The summed E-state index contributed by atoms with van der Waals surface area (Å²) in [4.78, 5) is 27.6. The van der Waals surface area contributed by atoms with E-state index in [1.165, 1.54) is 17.0 Å². The maximum absolute atomic E-state index is 15.1. The molecule has 31 heavy (non-hydrogen) atoms. The first-order chi connectivity index (χ1) is 14.1. The third-order valence-corrected chi connectivity index (χ3v) is 6.66. The smallest absolute Gasteiger partial charge is 0.465 e. The van der Waals surface area contributed by atoms with Gasteiger partial charge in [0.25, 0.3) is 5.91 Å². The highest BCUT2D eigenvalue weighted by molar-refractivity contribution is 6.62. The number of carbonyl (C=O) groups is 2. The van der Waals surface area contributed by atoms with E-state index in [0.29, 0.717) is 5.46 Å². The first-order valence-electron chi connectivity index (χ1n) is 10.6. The van der Waals surface area contributed by atoms with Gasteiger partial charge in [-0.05, 0) is 50.7 Å². The Labute approximate surface area is 183 Å². The van der Waals surface area contributed by atoms with E-state index in [1.54, 1.807) is 11.0 Å². The van der Waals surface area contributed by atoms with E-state index in [2.05, 4.69) is 0 Å². The van der Waals surface area contributed by atoms with Gasteiger partial charge >= 0.3 is 13.2 Å². The van der Waals surface area contributed by atoms with Gasteiger partial charge in [-0.25, -0.2) is 9.18 Å². The number of rotatable bonds is 2. The number of carbonyl (C=O) groups excluding carboxylic acids is 1. The fourth-order valence-electron chi connectivity index (χ4n) is 3.93. The van der Waals surface area contributed by atoms with Crippen molar-refractivity contribution in [1.29, 1.82) is 0 Å². The number of benzene rings is 1. The van der Waals surface area contributed by atoms with Gasteiger partial charge in [0.1, 0.15) is 5.82 Å². The Hall–Kier alpha value is -2.13. The second-order valence-corrected chi connectivity index (χ2v) is 10.4. The molecule has 2 saturated heterocycles. The summed E-state index contributed by atoms with van der Waals surface area (Å²) in [6.45, 7) is 14.1. The lowest BCUT2D eigenvalue weighted by Crippen LogP contribution is -2.60. The van der Waals surface area contributed by atoms with Crippen LogP contribution >= 0.6 is 0 Å². The van der Waals surface area contributed by atoms with Crippen molar-refractivity contribution >= 4 is 24.6 Å². The fourth-order valence-corrected chi connectivity index (χ4v) is 3.93. The summed E-state index contributed by atoms with van der Waals surface area (Å²) in [7, 11) is -0.718. The molecule has 0 saturated carbocycles. The van der Waals surface area contributed by atoms with Crippen molar-refractivity contribution in [2.24, 2.45) is 5.41 Å². The Morgan fingerprint density at radius 2 is 1.71 bits per heavy atom. The van der Waals surface area contributed by atoms with Gasteiger partial charge in [0.05, 0.1) is 22.8 Å². The largest absolute Gasteiger partial charge is 0.494 e. The molecule has 7 nitrogen and oxygen atoms in total. The second kappa shape index (κ2) is 7.78. The summed E-state index contributed by atoms with van der Waals surface area (Å²) in [6, 6.07) is 4.03. The quantitative estimate of drug-likeness (QED) is 0.725. The molecular weight excluding hydrogens is 402 g/mol. The Morgan fingerprint density at radius 3 is 2.19 bits per heavy atom. The molecule has 0 aliphatic carbocycles. The third kappa shape index (κ3) is 4.43. The molecule has 2 amide bonds. The van der Waals surface area contributed by atoms with Crippen molar-refractivity contribution < 1.29 is 28.4 Å². The summed E-state index contributed by atoms with van der Waals surface area (Å²) in [5, 5.41) is 9.35. The average molecular weight is 434 g/mol. The van der Waals surface area contributed by atoms with Gasteiger partial charge in [0.2, 0.25) is 0 Å². The van der Waals surface area contributed by atoms with Crippen molar-refractivity contribution in [2.45, 2.75) is 65.7 Å². The Bertz CT molecular complexity index is 867. The zero-order chi connectivity index (χ0) is 23.4. The number of amides is 2. The molecule has 1 atom stereocenters. The van der Waals surface area contributed by atoms with E-state index in [1.807, 2.05) is 48.5 Å². The van der Waals surface area contributed by atoms with Crippen LogP contribution in [0, 0.1) is 11.2 Å². The molecule has 1 N–H and O–H groups in total. The number of hydrogen-bond donors (Lipinski definition) is 1. The summed E-state index contributed by atoms with van der Waals surface area (Å²) >= 11 is 0. The molecule has 2 aliphatic rings. The van der Waals surface area contributed by atoms with E-state index in [0.717, 1.165) is 0 Å². The molecule has 1 aromatic carbocycles. The maximum Gasteiger partial charge on any atom is 0.494 e. The van der Waals surface area contributed by atoms with Crippen LogP contribution in [0.25, 0.3) is 0 Å². The van der Waals surface area contributed by atoms with E-state index >= 15 is 4.39 Å². The van der Waals surface area contributed by atoms with Gasteiger partial charge in [-0.1, -0.05) is 26.8 Å². The lowest BCUT2D eigenvalue weighted by molar-refractivity contribution is 0.00578. The minimum absolute atomic E-state index is 0.0432. The van der Waals surface area contributed by atoms with Crippen molar-refractivity contribution in [3.8, 4) is 0 Å².